The molecule has 4 rings (SSSR count). The first-order valence-electron chi connectivity index (χ1n) is 8.53. The molecule has 1 aliphatic carbocycles. The molecule has 1 fully saturated rings. The van der Waals surface area contributed by atoms with Crippen molar-refractivity contribution in [1.82, 2.24) is 9.88 Å². The number of pyridine rings is 1. The molecule has 4 atom stereocenters. The van der Waals surface area contributed by atoms with Gasteiger partial charge >= 0.3 is 5.97 Å². The second-order valence-electron chi connectivity index (χ2n) is 6.86. The van der Waals surface area contributed by atoms with Crippen molar-refractivity contribution < 1.29 is 14.6 Å². The lowest BCUT2D eigenvalue weighted by Gasteiger charge is -2.19. The van der Waals surface area contributed by atoms with Crippen molar-refractivity contribution in [2.45, 2.75) is 37.9 Å². The molecule has 6 nitrogen and oxygen atoms in total. The van der Waals surface area contributed by atoms with Crippen LogP contribution in [0.3, 0.4) is 0 Å². The van der Waals surface area contributed by atoms with Gasteiger partial charge in [-0.2, -0.15) is 0 Å². The highest BCUT2D eigenvalue weighted by Gasteiger charge is 2.50. The van der Waals surface area contributed by atoms with Crippen molar-refractivity contribution in [3.63, 3.8) is 0 Å². The molecule has 3 heterocycles. The number of aliphatic hydroxyl groups excluding tert-OH is 1. The minimum Gasteiger partial charge on any atom is -0.468 e. The molecular weight excluding hydrogens is 308 g/mol. The minimum absolute atomic E-state index is 0.0274. The van der Waals surface area contributed by atoms with Gasteiger partial charge in [0.05, 0.1) is 13.2 Å². The predicted molar refractivity (Wildman–Crippen MR) is 88.3 cm³/mol. The van der Waals surface area contributed by atoms with Crippen LogP contribution in [0, 0.1) is 11.8 Å². The Morgan fingerprint density at radius 1 is 1.46 bits per heavy atom. The van der Waals surface area contributed by atoms with E-state index in [0.717, 1.165) is 36.1 Å². The zero-order chi connectivity index (χ0) is 16.8. The highest BCUT2D eigenvalue weighted by atomic mass is 16.5. The monoisotopic (exact) mass is 330 g/mol. The van der Waals surface area contributed by atoms with Gasteiger partial charge in [-0.3, -0.25) is 14.9 Å². The second-order valence-corrected chi connectivity index (χ2v) is 6.86. The van der Waals surface area contributed by atoms with Crippen molar-refractivity contribution in [2.75, 3.05) is 13.7 Å². The largest absolute Gasteiger partial charge is 0.468 e. The number of ether oxygens (including phenoxy) is 1. The van der Waals surface area contributed by atoms with E-state index in [-0.39, 0.29) is 36.0 Å². The van der Waals surface area contributed by atoms with Crippen molar-refractivity contribution in [3.05, 3.63) is 39.8 Å². The zero-order valence-electron chi connectivity index (χ0n) is 13.7. The Labute approximate surface area is 140 Å². The van der Waals surface area contributed by atoms with Gasteiger partial charge in [0.2, 0.25) is 0 Å². The van der Waals surface area contributed by atoms with Crippen molar-refractivity contribution in [2.24, 2.45) is 11.8 Å². The maximum absolute atomic E-state index is 12.9. The molecular formula is C18H22N2O4. The second kappa shape index (κ2) is 5.86. The summed E-state index contributed by atoms with van der Waals surface area (Å²) in [7, 11) is 1.35. The van der Waals surface area contributed by atoms with Crippen LogP contribution in [0.4, 0.5) is 0 Å². The van der Waals surface area contributed by atoms with Crippen LogP contribution in [0.2, 0.25) is 0 Å². The van der Waals surface area contributed by atoms with Crippen LogP contribution in [0.15, 0.2) is 23.0 Å². The van der Waals surface area contributed by atoms with Gasteiger partial charge in [0, 0.05) is 36.2 Å². The molecule has 6 heteroatoms. The lowest BCUT2D eigenvalue weighted by atomic mass is 9.88. The molecule has 0 saturated carbocycles. The Hall–Kier alpha value is -1.92. The van der Waals surface area contributed by atoms with E-state index in [1.54, 1.807) is 0 Å². The number of aromatic nitrogens is 1. The number of nitrogens with one attached hydrogen (secondary N) is 1. The van der Waals surface area contributed by atoms with Crippen LogP contribution in [-0.2, 0) is 16.1 Å². The summed E-state index contributed by atoms with van der Waals surface area (Å²) in [6.45, 7) is 0.431. The highest BCUT2D eigenvalue weighted by molar-refractivity contribution is 5.77. The molecule has 0 unspecified atom stereocenters. The number of aliphatic hydroxyl groups is 1. The third kappa shape index (κ3) is 2.17. The quantitative estimate of drug-likeness (QED) is 0.803. The van der Waals surface area contributed by atoms with Gasteiger partial charge in [0.1, 0.15) is 6.04 Å². The average Bonchev–Trinajstić information content (AvgIpc) is 3.29. The number of methoxy groups -OCH3 is 1. The van der Waals surface area contributed by atoms with E-state index in [4.69, 9.17) is 4.74 Å². The Morgan fingerprint density at radius 3 is 2.96 bits per heavy atom. The van der Waals surface area contributed by atoms with Gasteiger partial charge in [-0.1, -0.05) is 6.08 Å². The molecule has 0 amide bonds. The zero-order valence-corrected chi connectivity index (χ0v) is 13.7. The van der Waals surface area contributed by atoms with E-state index in [9.17, 15) is 14.7 Å². The molecule has 0 radical (unpaired) electrons. The van der Waals surface area contributed by atoms with Crippen LogP contribution >= 0.6 is 0 Å². The van der Waals surface area contributed by atoms with Gasteiger partial charge in [-0.25, -0.2) is 0 Å². The Kier molecular flexibility index (Phi) is 3.81. The molecule has 2 aliphatic heterocycles. The summed E-state index contributed by atoms with van der Waals surface area (Å²) >= 11 is 0. The predicted octanol–water partition coefficient (Wildman–Crippen LogP) is 0.840. The lowest BCUT2D eigenvalue weighted by molar-refractivity contribution is -0.144. The number of fused-ring (bicyclic) bond motifs is 3. The van der Waals surface area contributed by atoms with E-state index in [1.807, 2.05) is 16.7 Å². The molecule has 24 heavy (non-hydrogen) atoms. The fourth-order valence-corrected chi connectivity index (χ4v) is 4.51. The summed E-state index contributed by atoms with van der Waals surface area (Å²) in [5.41, 5.74) is 2.88. The fraction of sp³-hybridized carbons (Fsp3) is 0.556. The van der Waals surface area contributed by atoms with Gasteiger partial charge in [0.15, 0.2) is 0 Å². The maximum Gasteiger partial charge on any atom is 0.323 e. The summed E-state index contributed by atoms with van der Waals surface area (Å²) in [4.78, 5) is 24.8. The van der Waals surface area contributed by atoms with Crippen molar-refractivity contribution >= 4 is 11.5 Å². The number of rotatable bonds is 3. The molecule has 0 aromatic carbocycles. The summed E-state index contributed by atoms with van der Waals surface area (Å²) in [5, 5.41) is 13.0. The number of allylic oxidation sites excluding steroid dienone is 2. The molecule has 0 bridgehead atoms. The summed E-state index contributed by atoms with van der Waals surface area (Å²) in [5.74, 6) is -0.569. The normalized spacial score (nSPS) is 30.8. The molecule has 0 spiro atoms. The van der Waals surface area contributed by atoms with Crippen LogP contribution in [0.25, 0.3) is 5.57 Å². The Bertz CT molecular complexity index is 767. The third-order valence-electron chi connectivity index (χ3n) is 5.74. The number of esters is 1. The van der Waals surface area contributed by atoms with E-state index >= 15 is 0 Å². The topological polar surface area (TPSA) is 80.6 Å². The van der Waals surface area contributed by atoms with E-state index in [1.165, 1.54) is 7.11 Å². The summed E-state index contributed by atoms with van der Waals surface area (Å²) in [6.07, 6.45) is 5.26. The SMILES string of the molecule is COC(=O)[C@@H]1N[C@@H]2c3ccc(C4=CCCC4)c(=O)n3C[C@@H]2[C@H]1CO. The van der Waals surface area contributed by atoms with Crippen molar-refractivity contribution in [3.8, 4) is 0 Å². The molecule has 1 saturated heterocycles. The molecule has 128 valence electrons. The summed E-state index contributed by atoms with van der Waals surface area (Å²) in [6, 6.07) is 3.29. The van der Waals surface area contributed by atoms with Crippen LogP contribution in [0.5, 0.6) is 0 Å². The van der Waals surface area contributed by atoms with E-state index in [0.29, 0.717) is 6.54 Å². The molecule has 3 aliphatic rings. The standard InChI is InChI=1S/C18H22N2O4/c1-24-18(23)16-13(9-21)12-8-20-14(15(12)19-16)7-6-11(17(20)22)10-4-2-3-5-10/h4,6-7,12-13,15-16,19,21H,2-3,5,8-9H2,1H3/t12-,13-,15+,16-/m1/s1. The number of hydrogen-bond acceptors (Lipinski definition) is 5. The van der Waals surface area contributed by atoms with E-state index in [2.05, 4.69) is 11.4 Å². The first-order valence-corrected chi connectivity index (χ1v) is 8.53. The Balaban J connectivity index is 1.70. The van der Waals surface area contributed by atoms with E-state index < -0.39 is 6.04 Å². The van der Waals surface area contributed by atoms with Crippen molar-refractivity contribution in [1.29, 1.82) is 0 Å². The van der Waals surface area contributed by atoms with Gasteiger partial charge in [-0.15, -0.1) is 0 Å². The fourth-order valence-electron chi connectivity index (χ4n) is 4.51. The number of hydrogen-bond donors (Lipinski definition) is 2. The molecule has 1 aromatic rings. The smallest absolute Gasteiger partial charge is 0.323 e. The number of nitrogens with zero attached hydrogens (tertiary/aromatic N) is 1. The van der Waals surface area contributed by atoms with Gasteiger partial charge < -0.3 is 14.4 Å². The van der Waals surface area contributed by atoms with Crippen LogP contribution < -0.4 is 10.9 Å². The first kappa shape index (κ1) is 15.6. The first-order chi connectivity index (χ1) is 11.7. The van der Waals surface area contributed by atoms with Crippen LogP contribution in [-0.4, -0.2) is 35.4 Å². The Morgan fingerprint density at radius 2 is 2.29 bits per heavy atom. The maximum atomic E-state index is 12.9. The lowest BCUT2D eigenvalue weighted by Crippen LogP contribution is -2.40. The van der Waals surface area contributed by atoms with Gasteiger partial charge in [0.25, 0.3) is 5.56 Å². The number of carbonyl (C=O) groups is 1. The van der Waals surface area contributed by atoms with Gasteiger partial charge in [-0.05, 0) is 37.0 Å². The minimum atomic E-state index is -0.518. The number of carbonyl (C=O) groups excluding carboxylic acids is 1. The molecule has 2 N–H and O–H groups in total. The summed E-state index contributed by atoms with van der Waals surface area (Å²) < 4.78 is 6.65. The molecule has 1 aromatic heterocycles. The average molecular weight is 330 g/mol. The third-order valence-corrected chi connectivity index (χ3v) is 5.74. The highest BCUT2D eigenvalue weighted by Crippen LogP contribution is 2.43. The van der Waals surface area contributed by atoms with Crippen LogP contribution in [0.1, 0.15) is 36.6 Å².